The minimum Gasteiger partial charge on any atom is -0.396 e. The Morgan fingerprint density at radius 3 is 2.82 bits per heavy atom. The highest BCUT2D eigenvalue weighted by molar-refractivity contribution is 5.61. The zero-order valence-corrected chi connectivity index (χ0v) is 9.52. The Labute approximate surface area is 98.4 Å². The van der Waals surface area contributed by atoms with Crippen molar-refractivity contribution in [2.75, 3.05) is 11.9 Å². The Hall–Kier alpha value is -1.69. The molecule has 1 rings (SSSR count). The summed E-state index contributed by atoms with van der Waals surface area (Å²) in [6.07, 6.45) is 1.15. The third-order valence-electron chi connectivity index (χ3n) is 2.49. The van der Waals surface area contributed by atoms with E-state index in [0.717, 1.165) is 18.2 Å². The van der Waals surface area contributed by atoms with Crippen molar-refractivity contribution >= 4 is 11.4 Å². The van der Waals surface area contributed by atoms with Crippen molar-refractivity contribution in [1.29, 1.82) is 0 Å². The molecule has 1 aromatic rings. The van der Waals surface area contributed by atoms with Gasteiger partial charge in [0.1, 0.15) is 11.5 Å². The van der Waals surface area contributed by atoms with E-state index in [-0.39, 0.29) is 24.0 Å². The molecule has 0 aromatic heterocycles. The molecule has 0 saturated carbocycles. The number of nitrogens with zero attached hydrogens (tertiary/aromatic N) is 1. The molecule has 0 heterocycles. The molecule has 0 radical (unpaired) electrons. The van der Waals surface area contributed by atoms with Crippen LogP contribution < -0.4 is 5.32 Å². The van der Waals surface area contributed by atoms with E-state index < -0.39 is 10.7 Å². The highest BCUT2D eigenvalue weighted by atomic mass is 19.1. The molecular formula is C11H15FN2O3. The number of nitrogens with one attached hydrogen (secondary N) is 1. The number of aliphatic hydroxyl groups is 1. The fourth-order valence-corrected chi connectivity index (χ4v) is 1.54. The lowest BCUT2D eigenvalue weighted by Crippen LogP contribution is -2.20. The van der Waals surface area contributed by atoms with Gasteiger partial charge in [-0.15, -0.1) is 0 Å². The zero-order chi connectivity index (χ0) is 12.8. The monoisotopic (exact) mass is 242 g/mol. The van der Waals surface area contributed by atoms with Crippen LogP contribution in [0, 0.1) is 15.9 Å². The van der Waals surface area contributed by atoms with Crippen molar-refractivity contribution in [2.45, 2.75) is 25.8 Å². The molecule has 0 fully saturated rings. The summed E-state index contributed by atoms with van der Waals surface area (Å²) in [5.74, 6) is -0.531. The Balaban J connectivity index is 2.94. The number of halogens is 1. The van der Waals surface area contributed by atoms with Gasteiger partial charge >= 0.3 is 0 Å². The molecule has 17 heavy (non-hydrogen) atoms. The quantitative estimate of drug-likeness (QED) is 0.593. The average Bonchev–Trinajstić information content (AvgIpc) is 2.28. The first-order valence-electron chi connectivity index (χ1n) is 5.39. The molecule has 0 aliphatic heterocycles. The Kier molecular flexibility index (Phi) is 4.84. The summed E-state index contributed by atoms with van der Waals surface area (Å²) >= 11 is 0. The standard InChI is InChI=1S/C11H15FN2O3/c1-2-9(5-6-15)13-10-7-8(12)3-4-11(10)14(16)17/h3-4,7,9,13,15H,2,5-6H2,1H3. The molecule has 94 valence electrons. The van der Waals surface area contributed by atoms with Gasteiger partial charge in [-0.3, -0.25) is 10.1 Å². The maximum atomic E-state index is 13.0. The van der Waals surface area contributed by atoms with Crippen LogP contribution in [-0.4, -0.2) is 22.7 Å². The van der Waals surface area contributed by atoms with Gasteiger partial charge in [0.05, 0.1) is 4.92 Å². The maximum Gasteiger partial charge on any atom is 0.292 e. The van der Waals surface area contributed by atoms with Gasteiger partial charge in [-0.1, -0.05) is 6.92 Å². The van der Waals surface area contributed by atoms with Gasteiger partial charge in [0.25, 0.3) is 5.69 Å². The van der Waals surface area contributed by atoms with E-state index in [4.69, 9.17) is 5.11 Å². The van der Waals surface area contributed by atoms with Crippen molar-refractivity contribution in [3.05, 3.63) is 34.1 Å². The predicted octanol–water partition coefficient (Wildman–Crippen LogP) is 2.31. The van der Waals surface area contributed by atoms with Gasteiger partial charge in [-0.25, -0.2) is 4.39 Å². The van der Waals surface area contributed by atoms with Gasteiger partial charge in [-0.05, 0) is 18.9 Å². The van der Waals surface area contributed by atoms with Crippen molar-refractivity contribution in [2.24, 2.45) is 0 Å². The second-order valence-corrected chi connectivity index (χ2v) is 3.68. The zero-order valence-electron chi connectivity index (χ0n) is 9.52. The molecule has 2 N–H and O–H groups in total. The number of nitro benzene ring substituents is 1. The van der Waals surface area contributed by atoms with E-state index in [2.05, 4.69) is 5.32 Å². The lowest BCUT2D eigenvalue weighted by molar-refractivity contribution is -0.384. The third-order valence-corrected chi connectivity index (χ3v) is 2.49. The van der Waals surface area contributed by atoms with Crippen LogP contribution in [0.2, 0.25) is 0 Å². The second kappa shape index (κ2) is 6.15. The summed E-state index contributed by atoms with van der Waals surface area (Å²) in [5, 5.41) is 22.5. The number of nitro groups is 1. The van der Waals surface area contributed by atoms with E-state index in [1.807, 2.05) is 6.92 Å². The van der Waals surface area contributed by atoms with E-state index in [9.17, 15) is 14.5 Å². The summed E-state index contributed by atoms with van der Waals surface area (Å²) in [6.45, 7) is 1.87. The maximum absolute atomic E-state index is 13.0. The molecule has 6 heteroatoms. The molecule has 1 atom stereocenters. The van der Waals surface area contributed by atoms with Crippen LogP contribution in [0.1, 0.15) is 19.8 Å². The Morgan fingerprint density at radius 1 is 1.59 bits per heavy atom. The molecule has 1 unspecified atom stereocenters. The number of hydrogen-bond acceptors (Lipinski definition) is 4. The van der Waals surface area contributed by atoms with Crippen molar-refractivity contribution in [3.63, 3.8) is 0 Å². The average molecular weight is 242 g/mol. The lowest BCUT2D eigenvalue weighted by atomic mass is 10.1. The summed E-state index contributed by atoms with van der Waals surface area (Å²) in [4.78, 5) is 10.2. The van der Waals surface area contributed by atoms with E-state index >= 15 is 0 Å². The Morgan fingerprint density at radius 2 is 2.29 bits per heavy atom. The number of hydrogen-bond donors (Lipinski definition) is 2. The smallest absolute Gasteiger partial charge is 0.292 e. The summed E-state index contributed by atoms with van der Waals surface area (Å²) in [7, 11) is 0. The molecule has 0 bridgehead atoms. The highest BCUT2D eigenvalue weighted by Crippen LogP contribution is 2.26. The highest BCUT2D eigenvalue weighted by Gasteiger charge is 2.16. The van der Waals surface area contributed by atoms with Crippen LogP contribution >= 0.6 is 0 Å². The molecule has 0 amide bonds. The van der Waals surface area contributed by atoms with Crippen LogP contribution in [0.3, 0.4) is 0 Å². The molecule has 0 saturated heterocycles. The molecular weight excluding hydrogens is 227 g/mol. The van der Waals surface area contributed by atoms with Crippen molar-refractivity contribution < 1.29 is 14.4 Å². The van der Waals surface area contributed by atoms with Gasteiger partial charge in [0.2, 0.25) is 0 Å². The second-order valence-electron chi connectivity index (χ2n) is 3.68. The molecule has 0 aliphatic carbocycles. The minimum atomic E-state index is -0.562. The van der Waals surface area contributed by atoms with Crippen LogP contribution in [0.4, 0.5) is 15.8 Å². The fraction of sp³-hybridized carbons (Fsp3) is 0.455. The molecule has 5 nitrogen and oxygen atoms in total. The Bertz CT molecular complexity index is 398. The minimum absolute atomic E-state index is 0.0192. The topological polar surface area (TPSA) is 75.4 Å². The predicted molar refractivity (Wildman–Crippen MR) is 62.5 cm³/mol. The SMILES string of the molecule is CCC(CCO)Nc1cc(F)ccc1[N+](=O)[O-]. The molecule has 0 aliphatic rings. The van der Waals surface area contributed by atoms with Crippen LogP contribution in [0.25, 0.3) is 0 Å². The number of anilines is 1. The normalized spacial score (nSPS) is 12.2. The first kappa shape index (κ1) is 13.4. The van der Waals surface area contributed by atoms with Gasteiger partial charge < -0.3 is 10.4 Å². The fourth-order valence-electron chi connectivity index (χ4n) is 1.54. The van der Waals surface area contributed by atoms with Gasteiger partial charge in [0.15, 0.2) is 0 Å². The number of aliphatic hydroxyl groups excluding tert-OH is 1. The van der Waals surface area contributed by atoms with E-state index in [1.54, 1.807) is 0 Å². The van der Waals surface area contributed by atoms with Crippen LogP contribution in [0.5, 0.6) is 0 Å². The van der Waals surface area contributed by atoms with E-state index in [0.29, 0.717) is 12.8 Å². The van der Waals surface area contributed by atoms with Gasteiger partial charge in [0, 0.05) is 24.8 Å². The van der Waals surface area contributed by atoms with E-state index in [1.165, 1.54) is 0 Å². The lowest BCUT2D eigenvalue weighted by Gasteiger charge is -2.16. The summed E-state index contributed by atoms with van der Waals surface area (Å²) < 4.78 is 13.0. The first-order valence-corrected chi connectivity index (χ1v) is 5.39. The van der Waals surface area contributed by atoms with Crippen molar-refractivity contribution in [1.82, 2.24) is 0 Å². The molecule has 0 spiro atoms. The third kappa shape index (κ3) is 3.67. The van der Waals surface area contributed by atoms with Gasteiger partial charge in [-0.2, -0.15) is 0 Å². The van der Waals surface area contributed by atoms with Crippen molar-refractivity contribution in [3.8, 4) is 0 Å². The first-order chi connectivity index (χ1) is 8.08. The van der Waals surface area contributed by atoms with Crippen LogP contribution in [0.15, 0.2) is 18.2 Å². The summed E-state index contributed by atoms with van der Waals surface area (Å²) in [6, 6.07) is 3.16. The van der Waals surface area contributed by atoms with Crippen LogP contribution in [-0.2, 0) is 0 Å². The number of rotatable bonds is 6. The number of benzene rings is 1. The summed E-state index contributed by atoms with van der Waals surface area (Å²) in [5.41, 5.74) is -0.0157. The largest absolute Gasteiger partial charge is 0.396 e. The molecule has 1 aromatic carbocycles.